The van der Waals surface area contributed by atoms with Crippen LogP contribution in [0.1, 0.15) is 26.2 Å². The number of hydrogen-bond acceptors (Lipinski definition) is 2. The van der Waals surface area contributed by atoms with E-state index in [4.69, 9.17) is 4.74 Å². The van der Waals surface area contributed by atoms with Crippen LogP contribution in [0, 0.1) is 7.43 Å². The van der Waals surface area contributed by atoms with Crippen molar-refractivity contribution >= 4 is 5.91 Å². The molecule has 0 spiro atoms. The third-order valence-corrected chi connectivity index (χ3v) is 2.21. The zero-order valence-corrected chi connectivity index (χ0v) is 13.0. The summed E-state index contributed by atoms with van der Waals surface area (Å²) in [7, 11) is 3.49. The summed E-state index contributed by atoms with van der Waals surface area (Å²) in [5.41, 5.74) is 0. The third-order valence-electron chi connectivity index (χ3n) is 2.21. The molecular formula is C12H26N2O2V. The number of unbranched alkanes of at least 4 members (excludes halogenated alkanes) is 2. The molecule has 0 aromatic carbocycles. The predicted octanol–water partition coefficient (Wildman–Crippen LogP) is 2.10. The minimum atomic E-state index is 0. The van der Waals surface area contributed by atoms with Crippen molar-refractivity contribution in [3.8, 4) is 0 Å². The van der Waals surface area contributed by atoms with Crippen LogP contribution in [-0.2, 0) is 28.1 Å². The van der Waals surface area contributed by atoms with Crippen LogP contribution in [0.2, 0.25) is 0 Å². The molecule has 0 saturated heterocycles. The monoisotopic (exact) mass is 281 g/mol. The van der Waals surface area contributed by atoms with Crippen molar-refractivity contribution in [1.29, 1.82) is 0 Å². The molecule has 4 nitrogen and oxygen atoms in total. The van der Waals surface area contributed by atoms with Gasteiger partial charge in [-0.2, -0.15) is 7.05 Å². The Bertz CT molecular complexity index is 169. The maximum absolute atomic E-state index is 11.3. The first-order valence-electron chi connectivity index (χ1n) is 5.59. The predicted molar refractivity (Wildman–Crippen MR) is 68.5 cm³/mol. The molecule has 101 valence electrons. The minimum Gasteiger partial charge on any atom is -0.657 e. The standard InChI is InChI=1S/C11H23N2O2.CH3.V/c1-4-15-9-7-5-6-8-13(3)11(14)10-12-2;;/h4-10H2,1-3H3;1H3;/q2*-1;+2. The van der Waals surface area contributed by atoms with Crippen molar-refractivity contribution in [2.75, 3.05) is 40.4 Å². The number of likely N-dealkylation sites (N-methyl/N-ethyl adjacent to an activating group) is 2. The van der Waals surface area contributed by atoms with Gasteiger partial charge in [0.05, 0.1) is 0 Å². The van der Waals surface area contributed by atoms with Crippen LogP contribution in [0.25, 0.3) is 5.32 Å². The first-order valence-corrected chi connectivity index (χ1v) is 5.59. The topological polar surface area (TPSA) is 43.6 Å². The molecule has 0 bridgehead atoms. The molecule has 0 aromatic heterocycles. The Morgan fingerprint density at radius 1 is 1.29 bits per heavy atom. The maximum Gasteiger partial charge on any atom is 2.00 e. The maximum atomic E-state index is 11.3. The number of rotatable bonds is 9. The van der Waals surface area contributed by atoms with Crippen LogP contribution < -0.4 is 0 Å². The third kappa shape index (κ3) is 13.9. The smallest absolute Gasteiger partial charge is 0.657 e. The van der Waals surface area contributed by atoms with Crippen LogP contribution in [0.5, 0.6) is 0 Å². The van der Waals surface area contributed by atoms with E-state index in [1.807, 2.05) is 14.0 Å². The molecule has 17 heavy (non-hydrogen) atoms. The van der Waals surface area contributed by atoms with Crippen molar-refractivity contribution < 1.29 is 28.1 Å². The summed E-state index contributed by atoms with van der Waals surface area (Å²) in [5, 5.41) is 3.81. The summed E-state index contributed by atoms with van der Waals surface area (Å²) in [4.78, 5) is 13.1. The van der Waals surface area contributed by atoms with Gasteiger partial charge in [-0.15, -0.1) is 0 Å². The van der Waals surface area contributed by atoms with Gasteiger partial charge in [0, 0.05) is 26.8 Å². The fourth-order valence-corrected chi connectivity index (χ4v) is 1.25. The Balaban J connectivity index is -0.000000980. The van der Waals surface area contributed by atoms with E-state index in [1.165, 1.54) is 0 Å². The number of carbonyl (C=O) groups excluding carboxylic acids is 1. The first-order chi connectivity index (χ1) is 7.22. The zero-order chi connectivity index (χ0) is 11.5. The van der Waals surface area contributed by atoms with Crippen molar-refractivity contribution in [3.05, 3.63) is 12.7 Å². The van der Waals surface area contributed by atoms with E-state index in [0.717, 1.165) is 39.0 Å². The second-order valence-corrected chi connectivity index (χ2v) is 3.55. The molecule has 0 unspecified atom stereocenters. The van der Waals surface area contributed by atoms with Crippen molar-refractivity contribution in [3.63, 3.8) is 0 Å². The second-order valence-electron chi connectivity index (χ2n) is 3.55. The van der Waals surface area contributed by atoms with Gasteiger partial charge >= 0.3 is 18.6 Å². The molecule has 0 saturated carbocycles. The van der Waals surface area contributed by atoms with E-state index in [0.29, 0.717) is 6.54 Å². The van der Waals surface area contributed by atoms with E-state index in [-0.39, 0.29) is 31.9 Å². The molecule has 0 heterocycles. The Kier molecular flexibility index (Phi) is 20.8. The van der Waals surface area contributed by atoms with Crippen molar-refractivity contribution in [1.82, 2.24) is 4.90 Å². The van der Waals surface area contributed by atoms with E-state index in [1.54, 1.807) is 11.9 Å². The molecule has 0 fully saturated rings. The normalized spacial score (nSPS) is 9.12. The second kappa shape index (κ2) is 16.0. The van der Waals surface area contributed by atoms with E-state index >= 15 is 0 Å². The molecule has 0 aromatic rings. The molecule has 1 amide bonds. The first kappa shape index (κ1) is 22.2. The molecular weight excluding hydrogens is 255 g/mol. The fraction of sp³-hybridized carbons (Fsp3) is 0.833. The number of amides is 1. The summed E-state index contributed by atoms with van der Waals surface area (Å²) in [5.74, 6) is 0.0994. The van der Waals surface area contributed by atoms with Crippen LogP contribution in [0.4, 0.5) is 0 Å². The van der Waals surface area contributed by atoms with Gasteiger partial charge in [0.15, 0.2) is 0 Å². The van der Waals surface area contributed by atoms with Gasteiger partial charge in [-0.3, -0.25) is 4.79 Å². The number of hydrogen-bond donors (Lipinski definition) is 0. The average Bonchev–Trinajstić information content (AvgIpc) is 2.23. The minimum absolute atomic E-state index is 0. The molecule has 0 rings (SSSR count). The molecule has 0 aliphatic rings. The van der Waals surface area contributed by atoms with E-state index in [9.17, 15) is 4.79 Å². The largest absolute Gasteiger partial charge is 2.00 e. The van der Waals surface area contributed by atoms with Crippen LogP contribution in [0.3, 0.4) is 0 Å². The Hall–Kier alpha value is -0.0256. The number of carbonyl (C=O) groups is 1. The summed E-state index contributed by atoms with van der Waals surface area (Å²) >= 11 is 0. The SMILES string of the molecule is CCOCCCCCN(C)C(=O)C[N-]C.[CH3-].[V+2]. The van der Waals surface area contributed by atoms with Gasteiger partial charge in [0.1, 0.15) is 0 Å². The molecule has 1 radical (unpaired) electrons. The number of nitrogens with zero attached hydrogens (tertiary/aromatic N) is 2. The summed E-state index contributed by atoms with van der Waals surface area (Å²) in [6, 6.07) is 0. The Morgan fingerprint density at radius 3 is 2.47 bits per heavy atom. The molecule has 0 aliphatic carbocycles. The van der Waals surface area contributed by atoms with Crippen molar-refractivity contribution in [2.24, 2.45) is 0 Å². The zero-order valence-electron chi connectivity index (χ0n) is 11.6. The van der Waals surface area contributed by atoms with Gasteiger partial charge in [-0.25, -0.2) is 0 Å². The molecule has 5 heteroatoms. The molecule has 0 N–H and O–H groups in total. The van der Waals surface area contributed by atoms with Crippen LogP contribution in [0.15, 0.2) is 0 Å². The Morgan fingerprint density at radius 2 is 1.94 bits per heavy atom. The van der Waals surface area contributed by atoms with Gasteiger partial charge in [-0.05, 0) is 26.2 Å². The van der Waals surface area contributed by atoms with Gasteiger partial charge < -0.3 is 22.4 Å². The van der Waals surface area contributed by atoms with Gasteiger partial charge in [0.2, 0.25) is 5.91 Å². The quantitative estimate of drug-likeness (QED) is 0.480. The molecule has 0 aliphatic heterocycles. The van der Waals surface area contributed by atoms with Gasteiger partial charge in [0.25, 0.3) is 0 Å². The molecule has 0 atom stereocenters. The van der Waals surface area contributed by atoms with E-state index in [2.05, 4.69) is 5.32 Å². The van der Waals surface area contributed by atoms with Gasteiger partial charge in [-0.1, -0.05) is 6.54 Å². The summed E-state index contributed by atoms with van der Waals surface area (Å²) in [6.45, 7) is 4.74. The number of ether oxygens (including phenoxy) is 1. The van der Waals surface area contributed by atoms with Crippen LogP contribution in [-0.4, -0.2) is 51.2 Å². The fourth-order valence-electron chi connectivity index (χ4n) is 1.25. The average molecular weight is 281 g/mol. The van der Waals surface area contributed by atoms with Crippen LogP contribution >= 0.6 is 0 Å². The Labute approximate surface area is 118 Å². The van der Waals surface area contributed by atoms with Crippen molar-refractivity contribution in [2.45, 2.75) is 26.2 Å². The summed E-state index contributed by atoms with van der Waals surface area (Å²) < 4.78 is 5.23. The van der Waals surface area contributed by atoms with E-state index < -0.39 is 0 Å². The summed E-state index contributed by atoms with van der Waals surface area (Å²) in [6.07, 6.45) is 3.23.